The lowest BCUT2D eigenvalue weighted by Gasteiger charge is -2.19. The van der Waals surface area contributed by atoms with Gasteiger partial charge in [0.1, 0.15) is 5.75 Å². The molecule has 0 aliphatic rings. The van der Waals surface area contributed by atoms with E-state index in [2.05, 4.69) is 4.72 Å². The number of ether oxygens (including phenoxy) is 1. The first-order chi connectivity index (χ1) is 11.2. The van der Waals surface area contributed by atoms with Gasteiger partial charge in [0.25, 0.3) is 0 Å². The highest BCUT2D eigenvalue weighted by atomic mass is 32.2. The monoisotopic (exact) mass is 347 g/mol. The van der Waals surface area contributed by atoms with Crippen molar-refractivity contribution >= 4 is 10.0 Å². The molecule has 0 bridgehead atoms. The molecule has 5 heteroatoms. The van der Waals surface area contributed by atoms with Gasteiger partial charge < -0.3 is 4.74 Å². The number of nitrogens with one attached hydrogen (secondary N) is 1. The quantitative estimate of drug-likeness (QED) is 0.890. The van der Waals surface area contributed by atoms with Crippen LogP contribution in [0.5, 0.6) is 5.75 Å². The molecule has 130 valence electrons. The summed E-state index contributed by atoms with van der Waals surface area (Å²) in [6.07, 6.45) is 0. The number of aryl methyl sites for hydroxylation is 4. The van der Waals surface area contributed by atoms with Crippen molar-refractivity contribution < 1.29 is 13.2 Å². The van der Waals surface area contributed by atoms with Crippen molar-refractivity contribution in [2.75, 3.05) is 7.11 Å². The van der Waals surface area contributed by atoms with Crippen LogP contribution < -0.4 is 9.46 Å². The SMILES string of the molecule is COc1cc(C)c(S(=O)(=O)NC(C)c2cc(C)ccc2C)cc1C. The van der Waals surface area contributed by atoms with E-state index in [4.69, 9.17) is 4.74 Å². The van der Waals surface area contributed by atoms with Gasteiger partial charge >= 0.3 is 0 Å². The van der Waals surface area contributed by atoms with Crippen LogP contribution in [0, 0.1) is 27.7 Å². The summed E-state index contributed by atoms with van der Waals surface area (Å²) in [6, 6.07) is 9.17. The fraction of sp³-hybridized carbons (Fsp3) is 0.368. The Balaban J connectivity index is 2.38. The van der Waals surface area contributed by atoms with E-state index in [9.17, 15) is 8.42 Å². The van der Waals surface area contributed by atoms with Crippen LogP contribution in [0.25, 0.3) is 0 Å². The second kappa shape index (κ2) is 6.95. The zero-order chi connectivity index (χ0) is 18.1. The lowest BCUT2D eigenvalue weighted by molar-refractivity contribution is 0.411. The Bertz CT molecular complexity index is 857. The molecule has 0 aliphatic heterocycles. The van der Waals surface area contributed by atoms with Crippen molar-refractivity contribution in [1.29, 1.82) is 0 Å². The van der Waals surface area contributed by atoms with E-state index in [0.717, 1.165) is 22.3 Å². The van der Waals surface area contributed by atoms with Crippen LogP contribution in [0.1, 0.15) is 40.8 Å². The fourth-order valence-corrected chi connectivity index (χ4v) is 4.39. The Morgan fingerprint density at radius 3 is 2.25 bits per heavy atom. The minimum absolute atomic E-state index is 0.290. The molecule has 0 spiro atoms. The molecule has 0 radical (unpaired) electrons. The maximum absolute atomic E-state index is 12.8. The molecule has 1 unspecified atom stereocenters. The zero-order valence-electron chi connectivity index (χ0n) is 15.1. The van der Waals surface area contributed by atoms with Crippen LogP contribution in [-0.4, -0.2) is 15.5 Å². The Labute approximate surface area is 144 Å². The van der Waals surface area contributed by atoms with E-state index in [0.29, 0.717) is 11.3 Å². The molecule has 1 N–H and O–H groups in total. The molecule has 0 heterocycles. The molecule has 0 saturated heterocycles. The second-order valence-corrected chi connectivity index (χ2v) is 7.97. The van der Waals surface area contributed by atoms with E-state index in [1.54, 1.807) is 26.2 Å². The topological polar surface area (TPSA) is 55.4 Å². The number of sulfonamides is 1. The second-order valence-electron chi connectivity index (χ2n) is 6.29. The molecule has 0 saturated carbocycles. The molecular weight excluding hydrogens is 322 g/mol. The molecule has 2 aromatic rings. The molecule has 2 rings (SSSR count). The third-order valence-corrected chi connectivity index (χ3v) is 5.90. The van der Waals surface area contributed by atoms with Crippen molar-refractivity contribution in [1.82, 2.24) is 4.72 Å². The van der Waals surface area contributed by atoms with Crippen molar-refractivity contribution in [3.05, 3.63) is 58.1 Å². The molecule has 0 aliphatic carbocycles. The molecule has 0 aromatic heterocycles. The Hall–Kier alpha value is -1.85. The number of hydrogen-bond acceptors (Lipinski definition) is 3. The van der Waals surface area contributed by atoms with Crippen molar-refractivity contribution in [3.63, 3.8) is 0 Å². The van der Waals surface area contributed by atoms with Crippen LogP contribution in [0.15, 0.2) is 35.2 Å². The molecule has 1 atom stereocenters. The van der Waals surface area contributed by atoms with E-state index < -0.39 is 10.0 Å². The first-order valence-electron chi connectivity index (χ1n) is 7.90. The summed E-state index contributed by atoms with van der Waals surface area (Å²) in [5, 5.41) is 0. The summed E-state index contributed by atoms with van der Waals surface area (Å²) in [6.45, 7) is 9.47. The zero-order valence-corrected chi connectivity index (χ0v) is 15.9. The number of hydrogen-bond donors (Lipinski definition) is 1. The summed E-state index contributed by atoms with van der Waals surface area (Å²) < 4.78 is 33.7. The van der Waals surface area contributed by atoms with E-state index in [-0.39, 0.29) is 10.9 Å². The van der Waals surface area contributed by atoms with Crippen LogP contribution in [0.3, 0.4) is 0 Å². The third kappa shape index (κ3) is 3.79. The van der Waals surface area contributed by atoms with Crippen LogP contribution in [-0.2, 0) is 10.0 Å². The van der Waals surface area contributed by atoms with Gasteiger partial charge in [-0.1, -0.05) is 23.8 Å². The molecule has 2 aromatic carbocycles. The summed E-state index contributed by atoms with van der Waals surface area (Å²) in [5.74, 6) is 0.689. The number of methoxy groups -OCH3 is 1. The summed E-state index contributed by atoms with van der Waals surface area (Å²) in [4.78, 5) is 0.290. The van der Waals surface area contributed by atoms with E-state index in [1.807, 2.05) is 45.9 Å². The first kappa shape index (κ1) is 18.5. The summed E-state index contributed by atoms with van der Waals surface area (Å²) in [7, 11) is -2.04. The largest absolute Gasteiger partial charge is 0.496 e. The van der Waals surface area contributed by atoms with Gasteiger partial charge in [0.2, 0.25) is 10.0 Å². The van der Waals surface area contributed by atoms with Gasteiger partial charge in [-0.2, -0.15) is 0 Å². The van der Waals surface area contributed by atoms with Gasteiger partial charge in [-0.3, -0.25) is 0 Å². The van der Waals surface area contributed by atoms with Gasteiger partial charge in [-0.25, -0.2) is 13.1 Å². The third-order valence-electron chi connectivity index (χ3n) is 4.22. The smallest absolute Gasteiger partial charge is 0.241 e. The molecule has 4 nitrogen and oxygen atoms in total. The predicted molar refractivity (Wildman–Crippen MR) is 97.1 cm³/mol. The maximum Gasteiger partial charge on any atom is 0.241 e. The Morgan fingerprint density at radius 1 is 0.958 bits per heavy atom. The maximum atomic E-state index is 12.8. The summed E-state index contributed by atoms with van der Waals surface area (Å²) >= 11 is 0. The lowest BCUT2D eigenvalue weighted by Crippen LogP contribution is -2.28. The molecule has 0 amide bonds. The molecule has 0 fully saturated rings. The minimum atomic E-state index is -3.62. The number of benzene rings is 2. The average Bonchev–Trinajstić information content (AvgIpc) is 2.50. The average molecular weight is 347 g/mol. The van der Waals surface area contributed by atoms with Crippen LogP contribution in [0.2, 0.25) is 0 Å². The van der Waals surface area contributed by atoms with Gasteiger partial charge in [0, 0.05) is 6.04 Å². The van der Waals surface area contributed by atoms with Gasteiger partial charge in [0.05, 0.1) is 12.0 Å². The van der Waals surface area contributed by atoms with E-state index in [1.165, 1.54) is 0 Å². The van der Waals surface area contributed by atoms with Crippen molar-refractivity contribution in [3.8, 4) is 5.75 Å². The van der Waals surface area contributed by atoms with E-state index >= 15 is 0 Å². The molecule has 24 heavy (non-hydrogen) atoms. The Morgan fingerprint density at radius 2 is 1.62 bits per heavy atom. The summed E-state index contributed by atoms with van der Waals surface area (Å²) in [5.41, 5.74) is 4.62. The first-order valence-corrected chi connectivity index (χ1v) is 9.38. The van der Waals surface area contributed by atoms with Crippen LogP contribution in [0.4, 0.5) is 0 Å². The van der Waals surface area contributed by atoms with Crippen molar-refractivity contribution in [2.24, 2.45) is 0 Å². The standard InChI is InChI=1S/C19H25NO3S/c1-12-7-8-13(2)17(9-12)16(5)20-24(21,22)19-11-14(3)18(23-6)10-15(19)4/h7-11,16,20H,1-6H3. The van der Waals surface area contributed by atoms with Gasteiger partial charge in [0.15, 0.2) is 0 Å². The van der Waals surface area contributed by atoms with Gasteiger partial charge in [-0.15, -0.1) is 0 Å². The lowest BCUT2D eigenvalue weighted by atomic mass is 10.0. The van der Waals surface area contributed by atoms with Gasteiger partial charge in [-0.05, 0) is 69.0 Å². The highest BCUT2D eigenvalue weighted by Gasteiger charge is 2.22. The highest BCUT2D eigenvalue weighted by molar-refractivity contribution is 7.89. The normalized spacial score (nSPS) is 12.9. The Kier molecular flexibility index (Phi) is 5.35. The number of rotatable bonds is 5. The minimum Gasteiger partial charge on any atom is -0.496 e. The van der Waals surface area contributed by atoms with Crippen molar-refractivity contribution in [2.45, 2.75) is 45.6 Å². The fourth-order valence-electron chi connectivity index (χ4n) is 2.86. The van der Waals surface area contributed by atoms with Crippen LogP contribution >= 0.6 is 0 Å². The highest BCUT2D eigenvalue weighted by Crippen LogP contribution is 2.27. The molecular formula is C19H25NO3S. The predicted octanol–water partition coefficient (Wildman–Crippen LogP) is 3.97.